The van der Waals surface area contributed by atoms with Gasteiger partial charge in [0.15, 0.2) is 0 Å². The molecule has 0 radical (unpaired) electrons. The molecule has 0 spiro atoms. The van der Waals surface area contributed by atoms with Crippen LogP contribution in [0.4, 0.5) is 11.8 Å². The van der Waals surface area contributed by atoms with Crippen LogP contribution in [0, 0.1) is 0 Å². The van der Waals surface area contributed by atoms with Gasteiger partial charge < -0.3 is 15.5 Å². The summed E-state index contributed by atoms with van der Waals surface area (Å²) in [7, 11) is 4.17. The summed E-state index contributed by atoms with van der Waals surface area (Å²) in [5, 5.41) is 7.53. The second kappa shape index (κ2) is 8.50. The van der Waals surface area contributed by atoms with Crippen molar-refractivity contribution in [2.45, 2.75) is 31.7 Å². The summed E-state index contributed by atoms with van der Waals surface area (Å²) in [6.45, 7) is 2.65. The Morgan fingerprint density at radius 1 is 1.12 bits per heavy atom. The Bertz CT molecular complexity index is 683. The predicted molar refractivity (Wildman–Crippen MR) is 104 cm³/mol. The van der Waals surface area contributed by atoms with E-state index in [0.717, 1.165) is 48.5 Å². The molecule has 1 aliphatic carbocycles. The van der Waals surface area contributed by atoms with E-state index in [1.165, 1.54) is 18.4 Å². The zero-order valence-electron chi connectivity index (χ0n) is 14.9. The average Bonchev–Trinajstić information content (AvgIpc) is 3.43. The fraction of sp³-hybridized carbons (Fsp3) is 0.474. The maximum absolute atomic E-state index is 5.94. The number of halogens is 1. The lowest BCUT2D eigenvalue weighted by atomic mass is 10.2. The molecule has 1 fully saturated rings. The highest BCUT2D eigenvalue weighted by Crippen LogP contribution is 2.39. The average molecular weight is 360 g/mol. The van der Waals surface area contributed by atoms with Gasteiger partial charge in [0, 0.05) is 30.1 Å². The van der Waals surface area contributed by atoms with Crippen molar-refractivity contribution in [1.82, 2.24) is 14.9 Å². The number of hydrogen-bond donors (Lipinski definition) is 2. The Morgan fingerprint density at radius 3 is 2.56 bits per heavy atom. The van der Waals surface area contributed by atoms with Crippen LogP contribution in [0.1, 0.15) is 36.4 Å². The molecular weight excluding hydrogens is 334 g/mol. The summed E-state index contributed by atoms with van der Waals surface area (Å²) >= 11 is 5.94. The number of nitrogens with zero attached hydrogens (tertiary/aromatic N) is 3. The van der Waals surface area contributed by atoms with Crippen LogP contribution in [0.2, 0.25) is 5.02 Å². The molecule has 1 aromatic carbocycles. The number of anilines is 2. The Labute approximate surface area is 154 Å². The van der Waals surface area contributed by atoms with Crippen LogP contribution in [0.25, 0.3) is 0 Å². The molecule has 1 heterocycles. The first-order valence-electron chi connectivity index (χ1n) is 8.86. The summed E-state index contributed by atoms with van der Waals surface area (Å²) in [6, 6.07) is 9.95. The molecule has 3 rings (SSSR count). The highest BCUT2D eigenvalue weighted by Gasteiger charge is 2.26. The first kappa shape index (κ1) is 18.0. The molecule has 0 unspecified atom stereocenters. The number of nitrogens with one attached hydrogen (secondary N) is 2. The maximum Gasteiger partial charge on any atom is 0.224 e. The lowest BCUT2D eigenvalue weighted by Crippen LogP contribution is -2.17. The fourth-order valence-electron chi connectivity index (χ4n) is 2.61. The summed E-state index contributed by atoms with van der Waals surface area (Å²) in [5.74, 6) is 2.20. The van der Waals surface area contributed by atoms with Crippen molar-refractivity contribution in [2.24, 2.45) is 0 Å². The molecule has 0 saturated heterocycles. The topological polar surface area (TPSA) is 53.1 Å². The zero-order chi connectivity index (χ0) is 17.6. The number of hydrogen-bond acceptors (Lipinski definition) is 5. The van der Waals surface area contributed by atoms with E-state index in [1.54, 1.807) is 0 Å². The lowest BCUT2D eigenvalue weighted by molar-refractivity contribution is 0.405. The van der Waals surface area contributed by atoms with E-state index in [2.05, 4.69) is 45.7 Å². The van der Waals surface area contributed by atoms with Gasteiger partial charge in [-0.3, -0.25) is 0 Å². The SMILES string of the molecule is CN(C)CCCNc1nc(NCc2ccc(Cl)cc2)cc(C2CC2)n1. The van der Waals surface area contributed by atoms with Gasteiger partial charge in [-0.1, -0.05) is 23.7 Å². The molecule has 0 bridgehead atoms. The maximum atomic E-state index is 5.94. The Hall–Kier alpha value is -1.85. The number of aromatic nitrogens is 2. The molecular formula is C19H26ClN5. The van der Waals surface area contributed by atoms with E-state index in [1.807, 2.05) is 24.3 Å². The van der Waals surface area contributed by atoms with Gasteiger partial charge in [0.1, 0.15) is 5.82 Å². The van der Waals surface area contributed by atoms with Crippen LogP contribution in [-0.2, 0) is 6.54 Å². The normalized spacial score (nSPS) is 13.9. The third-order valence-corrected chi connectivity index (χ3v) is 4.45. The highest BCUT2D eigenvalue weighted by atomic mass is 35.5. The standard InChI is InChI=1S/C19H26ClN5/c1-25(2)11-3-10-21-19-23-17(15-6-7-15)12-18(24-19)22-13-14-4-8-16(20)9-5-14/h4-5,8-9,12,15H,3,6-7,10-11,13H2,1-2H3,(H2,21,22,23,24). The molecule has 1 aromatic heterocycles. The molecule has 6 heteroatoms. The minimum absolute atomic E-state index is 0.599. The van der Waals surface area contributed by atoms with Crippen LogP contribution in [0.15, 0.2) is 30.3 Å². The highest BCUT2D eigenvalue weighted by molar-refractivity contribution is 6.30. The molecule has 2 N–H and O–H groups in total. The number of benzene rings is 1. The van der Waals surface area contributed by atoms with Crippen LogP contribution in [0.3, 0.4) is 0 Å². The molecule has 134 valence electrons. The molecule has 2 aromatic rings. The molecule has 5 nitrogen and oxygen atoms in total. The van der Waals surface area contributed by atoms with Gasteiger partial charge in [-0.05, 0) is 57.6 Å². The lowest BCUT2D eigenvalue weighted by Gasteiger charge is -2.12. The van der Waals surface area contributed by atoms with Crippen molar-refractivity contribution >= 4 is 23.4 Å². The van der Waals surface area contributed by atoms with Crippen LogP contribution in [0.5, 0.6) is 0 Å². The minimum Gasteiger partial charge on any atom is -0.366 e. The summed E-state index contributed by atoms with van der Waals surface area (Å²) in [5.41, 5.74) is 2.32. The molecule has 0 aliphatic heterocycles. The Kier molecular flexibility index (Phi) is 6.10. The Balaban J connectivity index is 1.62. The fourth-order valence-corrected chi connectivity index (χ4v) is 2.74. The quantitative estimate of drug-likeness (QED) is 0.663. The summed E-state index contributed by atoms with van der Waals surface area (Å²) in [4.78, 5) is 11.5. The van der Waals surface area contributed by atoms with Crippen molar-refractivity contribution in [2.75, 3.05) is 37.8 Å². The van der Waals surface area contributed by atoms with Gasteiger partial charge in [-0.15, -0.1) is 0 Å². The van der Waals surface area contributed by atoms with Crippen molar-refractivity contribution in [3.8, 4) is 0 Å². The first-order valence-corrected chi connectivity index (χ1v) is 9.24. The van der Waals surface area contributed by atoms with Crippen molar-refractivity contribution < 1.29 is 0 Å². The van der Waals surface area contributed by atoms with E-state index in [9.17, 15) is 0 Å². The van der Waals surface area contributed by atoms with Gasteiger partial charge in [-0.2, -0.15) is 4.98 Å². The van der Waals surface area contributed by atoms with E-state index in [0.29, 0.717) is 5.92 Å². The van der Waals surface area contributed by atoms with Crippen molar-refractivity contribution in [3.05, 3.63) is 46.6 Å². The molecule has 25 heavy (non-hydrogen) atoms. The van der Waals surface area contributed by atoms with Gasteiger partial charge in [0.2, 0.25) is 5.95 Å². The van der Waals surface area contributed by atoms with E-state index in [4.69, 9.17) is 11.6 Å². The Morgan fingerprint density at radius 2 is 1.88 bits per heavy atom. The molecule has 1 aliphatic rings. The van der Waals surface area contributed by atoms with E-state index >= 15 is 0 Å². The third kappa shape index (κ3) is 5.87. The predicted octanol–water partition coefficient (Wildman–Crippen LogP) is 3.98. The second-order valence-corrected chi connectivity index (χ2v) is 7.28. The first-order chi connectivity index (χ1) is 12.1. The van der Waals surface area contributed by atoms with E-state index < -0.39 is 0 Å². The van der Waals surface area contributed by atoms with Crippen molar-refractivity contribution in [1.29, 1.82) is 0 Å². The van der Waals surface area contributed by atoms with Crippen LogP contribution in [-0.4, -0.2) is 42.1 Å². The van der Waals surface area contributed by atoms with Gasteiger partial charge in [0.05, 0.1) is 5.69 Å². The summed E-state index contributed by atoms with van der Waals surface area (Å²) < 4.78 is 0. The number of rotatable bonds is 9. The summed E-state index contributed by atoms with van der Waals surface area (Å²) in [6.07, 6.45) is 3.53. The van der Waals surface area contributed by atoms with Crippen LogP contribution < -0.4 is 10.6 Å². The third-order valence-electron chi connectivity index (χ3n) is 4.19. The minimum atomic E-state index is 0.599. The molecule has 0 amide bonds. The monoisotopic (exact) mass is 359 g/mol. The van der Waals surface area contributed by atoms with E-state index in [-0.39, 0.29) is 0 Å². The second-order valence-electron chi connectivity index (χ2n) is 6.84. The van der Waals surface area contributed by atoms with Gasteiger partial charge >= 0.3 is 0 Å². The van der Waals surface area contributed by atoms with Gasteiger partial charge in [0.25, 0.3) is 0 Å². The van der Waals surface area contributed by atoms with Crippen LogP contribution >= 0.6 is 11.6 Å². The molecule has 0 atom stereocenters. The largest absolute Gasteiger partial charge is 0.366 e. The van der Waals surface area contributed by atoms with Gasteiger partial charge in [-0.25, -0.2) is 4.98 Å². The zero-order valence-corrected chi connectivity index (χ0v) is 15.7. The smallest absolute Gasteiger partial charge is 0.224 e. The molecule has 1 saturated carbocycles. The van der Waals surface area contributed by atoms with Crippen molar-refractivity contribution in [3.63, 3.8) is 0 Å².